The Morgan fingerprint density at radius 1 is 1.12 bits per heavy atom. The molecule has 0 bridgehead atoms. The molecular formula is C28H27F4N5O4. The van der Waals surface area contributed by atoms with Crippen LogP contribution in [0.2, 0.25) is 0 Å². The fraction of sp³-hybridized carbons (Fsp3) is 0.357. The predicted molar refractivity (Wildman–Crippen MR) is 140 cm³/mol. The van der Waals surface area contributed by atoms with Crippen molar-refractivity contribution < 1.29 is 31.9 Å². The first-order valence-electron chi connectivity index (χ1n) is 12.7. The molecule has 1 aromatic carbocycles. The maximum absolute atomic E-state index is 15.1. The zero-order chi connectivity index (χ0) is 30.0. The molecule has 0 radical (unpaired) electrons. The monoisotopic (exact) mass is 573 g/mol. The average molecular weight is 574 g/mol. The van der Waals surface area contributed by atoms with E-state index in [-0.39, 0.29) is 29.7 Å². The van der Waals surface area contributed by atoms with E-state index in [0.717, 1.165) is 10.6 Å². The molecular weight excluding hydrogens is 546 g/mol. The van der Waals surface area contributed by atoms with E-state index in [2.05, 4.69) is 4.98 Å². The van der Waals surface area contributed by atoms with Gasteiger partial charge in [0, 0.05) is 36.9 Å². The van der Waals surface area contributed by atoms with Gasteiger partial charge in [-0.1, -0.05) is 0 Å². The van der Waals surface area contributed by atoms with Crippen molar-refractivity contribution in [3.8, 4) is 5.69 Å². The summed E-state index contributed by atoms with van der Waals surface area (Å²) in [7, 11) is 0. The summed E-state index contributed by atoms with van der Waals surface area (Å²) in [6.45, 7) is 8.13. The molecule has 216 valence electrons. The third-order valence-electron chi connectivity index (χ3n) is 6.80. The summed E-state index contributed by atoms with van der Waals surface area (Å²) in [5.41, 5.74) is -1.78. The maximum atomic E-state index is 15.1. The fourth-order valence-corrected chi connectivity index (χ4v) is 4.93. The van der Waals surface area contributed by atoms with Gasteiger partial charge in [0.25, 0.3) is 11.5 Å². The Bertz CT molecular complexity index is 1760. The van der Waals surface area contributed by atoms with Gasteiger partial charge in [0.2, 0.25) is 0 Å². The molecule has 0 N–H and O–H groups in total. The third kappa shape index (κ3) is 5.11. The van der Waals surface area contributed by atoms with Crippen molar-refractivity contribution in [3.63, 3.8) is 0 Å². The molecule has 0 fully saturated rings. The number of pyridine rings is 1. The number of carbonyl (C=O) groups is 2. The van der Waals surface area contributed by atoms with Crippen molar-refractivity contribution in [2.45, 2.75) is 65.5 Å². The number of amides is 1. The predicted octanol–water partition coefficient (Wildman–Crippen LogP) is 5.28. The van der Waals surface area contributed by atoms with E-state index >= 15 is 4.39 Å². The highest BCUT2D eigenvalue weighted by molar-refractivity contribution is 5.95. The molecule has 5 rings (SSSR count). The van der Waals surface area contributed by atoms with E-state index in [9.17, 15) is 27.6 Å². The normalized spacial score (nSPS) is 15.9. The number of rotatable bonds is 3. The van der Waals surface area contributed by atoms with Crippen molar-refractivity contribution in [2.75, 3.05) is 0 Å². The van der Waals surface area contributed by atoms with Crippen molar-refractivity contribution in [3.05, 3.63) is 81.7 Å². The van der Waals surface area contributed by atoms with E-state index in [1.54, 1.807) is 45.4 Å². The number of carbonyl (C=O) groups excluding carboxylic acids is 2. The Morgan fingerprint density at radius 2 is 1.83 bits per heavy atom. The molecule has 4 aromatic rings. The number of hydrogen-bond acceptors (Lipinski definition) is 5. The summed E-state index contributed by atoms with van der Waals surface area (Å²) in [5, 5.41) is -0.183. The van der Waals surface area contributed by atoms with Crippen LogP contribution in [0.15, 0.2) is 47.8 Å². The molecule has 4 heterocycles. The van der Waals surface area contributed by atoms with Gasteiger partial charge in [0.15, 0.2) is 0 Å². The van der Waals surface area contributed by atoms with E-state index < -0.39 is 52.3 Å². The number of benzene rings is 1. The minimum absolute atomic E-state index is 0.0896. The van der Waals surface area contributed by atoms with Gasteiger partial charge >= 0.3 is 12.3 Å². The SMILES string of the molecule is Cc1cn(-c2ccc3n(c2=O)CC(C)N(Cc2cn(C(=O)OC(C)(C)C)c4c(F)cc(C(F)(F)F)cc24)C3=O)cn1. The van der Waals surface area contributed by atoms with Gasteiger partial charge in [0.05, 0.1) is 23.1 Å². The fourth-order valence-electron chi connectivity index (χ4n) is 4.93. The topological polar surface area (TPSA) is 91.4 Å². The lowest BCUT2D eigenvalue weighted by Gasteiger charge is -2.35. The van der Waals surface area contributed by atoms with E-state index in [0.29, 0.717) is 17.4 Å². The van der Waals surface area contributed by atoms with E-state index in [1.165, 1.54) is 34.1 Å². The highest BCUT2D eigenvalue weighted by atomic mass is 19.4. The summed E-state index contributed by atoms with van der Waals surface area (Å²) in [5.74, 6) is -1.80. The van der Waals surface area contributed by atoms with Crippen LogP contribution in [0, 0.1) is 12.7 Å². The molecule has 1 amide bonds. The lowest BCUT2D eigenvalue weighted by Crippen LogP contribution is -2.49. The Labute approximate surface area is 231 Å². The maximum Gasteiger partial charge on any atom is 0.419 e. The second kappa shape index (κ2) is 9.60. The van der Waals surface area contributed by atoms with Gasteiger partial charge in [0.1, 0.15) is 22.8 Å². The van der Waals surface area contributed by atoms with E-state index in [1.807, 2.05) is 0 Å². The summed E-state index contributed by atoms with van der Waals surface area (Å²) < 4.78 is 65.0. The number of ether oxygens (including phenoxy) is 1. The number of alkyl halides is 3. The average Bonchev–Trinajstić information content (AvgIpc) is 3.45. The molecule has 1 atom stereocenters. The molecule has 1 aliphatic rings. The molecule has 9 nitrogen and oxygen atoms in total. The lowest BCUT2D eigenvalue weighted by molar-refractivity contribution is -0.137. The summed E-state index contributed by atoms with van der Waals surface area (Å²) in [6, 6.07) is 3.51. The molecule has 0 saturated heterocycles. The highest BCUT2D eigenvalue weighted by Gasteiger charge is 2.35. The number of fused-ring (bicyclic) bond motifs is 2. The van der Waals surface area contributed by atoms with Crippen LogP contribution in [0.5, 0.6) is 0 Å². The first-order chi connectivity index (χ1) is 19.0. The van der Waals surface area contributed by atoms with Crippen molar-refractivity contribution in [1.29, 1.82) is 0 Å². The van der Waals surface area contributed by atoms with Crippen LogP contribution in [0.4, 0.5) is 22.4 Å². The van der Waals surface area contributed by atoms with Gasteiger partial charge in [-0.25, -0.2) is 18.7 Å². The van der Waals surface area contributed by atoms with Gasteiger partial charge in [-0.05, 0) is 64.4 Å². The largest absolute Gasteiger partial charge is 0.443 e. The number of nitrogens with zero attached hydrogens (tertiary/aromatic N) is 5. The Kier molecular flexibility index (Phi) is 6.58. The van der Waals surface area contributed by atoms with Gasteiger partial charge < -0.3 is 18.8 Å². The summed E-state index contributed by atoms with van der Waals surface area (Å²) in [4.78, 5) is 45.3. The number of aryl methyl sites for hydroxylation is 1. The lowest BCUT2D eigenvalue weighted by atomic mass is 10.1. The van der Waals surface area contributed by atoms with Crippen LogP contribution >= 0.6 is 0 Å². The van der Waals surface area contributed by atoms with Crippen LogP contribution in [0.25, 0.3) is 16.6 Å². The zero-order valence-electron chi connectivity index (χ0n) is 22.9. The van der Waals surface area contributed by atoms with E-state index in [4.69, 9.17) is 4.74 Å². The zero-order valence-corrected chi connectivity index (χ0v) is 22.9. The molecule has 41 heavy (non-hydrogen) atoms. The second-order valence-electron chi connectivity index (χ2n) is 11.1. The third-order valence-corrected chi connectivity index (χ3v) is 6.80. The molecule has 0 saturated carbocycles. The van der Waals surface area contributed by atoms with Gasteiger partial charge in [-0.2, -0.15) is 13.2 Å². The van der Waals surface area contributed by atoms with Gasteiger partial charge in [-0.15, -0.1) is 0 Å². The summed E-state index contributed by atoms with van der Waals surface area (Å²) in [6.07, 6.45) is -1.47. The van der Waals surface area contributed by atoms with Crippen LogP contribution in [-0.4, -0.2) is 47.2 Å². The number of halogens is 4. The minimum atomic E-state index is -4.85. The van der Waals surface area contributed by atoms with Gasteiger partial charge in [-0.3, -0.25) is 9.59 Å². The Balaban J connectivity index is 1.58. The number of hydrogen-bond donors (Lipinski definition) is 0. The molecule has 3 aromatic heterocycles. The Hall–Kier alpha value is -4.42. The molecule has 0 aliphatic carbocycles. The van der Waals surface area contributed by atoms with Crippen LogP contribution in [0.1, 0.15) is 55.0 Å². The smallest absolute Gasteiger partial charge is 0.419 e. The summed E-state index contributed by atoms with van der Waals surface area (Å²) >= 11 is 0. The molecule has 0 spiro atoms. The highest BCUT2D eigenvalue weighted by Crippen LogP contribution is 2.36. The second-order valence-corrected chi connectivity index (χ2v) is 11.1. The molecule has 1 aliphatic heterocycles. The van der Waals surface area contributed by atoms with Crippen LogP contribution in [0.3, 0.4) is 0 Å². The first-order valence-corrected chi connectivity index (χ1v) is 12.7. The van der Waals surface area contributed by atoms with Crippen LogP contribution < -0.4 is 5.56 Å². The molecule has 1 unspecified atom stereocenters. The molecule has 13 heteroatoms. The van der Waals surface area contributed by atoms with Crippen molar-refractivity contribution in [2.24, 2.45) is 0 Å². The van der Waals surface area contributed by atoms with Crippen LogP contribution in [-0.2, 0) is 24.0 Å². The van der Waals surface area contributed by atoms with Crippen molar-refractivity contribution >= 4 is 22.9 Å². The minimum Gasteiger partial charge on any atom is -0.443 e. The Morgan fingerprint density at radius 3 is 2.44 bits per heavy atom. The number of aromatic nitrogens is 4. The quantitative estimate of drug-likeness (QED) is 0.311. The number of imidazole rings is 1. The standard InChI is InChI=1S/C28H27F4N5O4/c1-15-10-34(14-33-15)21-6-7-22-25(39)35(16(2)11-36(22)24(21)38)12-17-13-37(26(40)41-27(3,4)5)23-19(17)8-18(9-20(23)29)28(30,31)32/h6-10,13-14,16H,11-12H2,1-5H3. The first kappa shape index (κ1) is 28.1. The van der Waals surface area contributed by atoms with Crippen molar-refractivity contribution in [1.82, 2.24) is 23.6 Å².